The van der Waals surface area contributed by atoms with E-state index in [2.05, 4.69) is 24.1 Å². The van der Waals surface area contributed by atoms with E-state index in [-0.39, 0.29) is 6.10 Å². The molecule has 0 aromatic rings. The molecule has 82 valence electrons. The number of aliphatic hydroxyl groups is 1. The molecule has 2 aliphatic heterocycles. The zero-order valence-electron chi connectivity index (χ0n) is 8.99. The van der Waals surface area contributed by atoms with Crippen molar-refractivity contribution >= 4 is 11.8 Å². The molecule has 0 saturated carbocycles. The van der Waals surface area contributed by atoms with Crippen molar-refractivity contribution in [3.63, 3.8) is 0 Å². The molecular formula is C10H20N2OS. The Kier molecular flexibility index (Phi) is 3.07. The van der Waals surface area contributed by atoms with Crippen molar-refractivity contribution in [3.05, 3.63) is 0 Å². The van der Waals surface area contributed by atoms with Gasteiger partial charge in [-0.3, -0.25) is 4.90 Å². The number of hydrogen-bond acceptors (Lipinski definition) is 4. The first kappa shape index (κ1) is 10.7. The van der Waals surface area contributed by atoms with Gasteiger partial charge in [0.25, 0.3) is 0 Å². The predicted molar refractivity (Wildman–Crippen MR) is 60.8 cm³/mol. The van der Waals surface area contributed by atoms with E-state index < -0.39 is 0 Å². The van der Waals surface area contributed by atoms with E-state index in [4.69, 9.17) is 0 Å². The number of aliphatic hydroxyl groups excluding tert-OH is 1. The molecule has 2 aliphatic rings. The Morgan fingerprint density at radius 2 is 2.21 bits per heavy atom. The molecule has 0 radical (unpaired) electrons. The fourth-order valence-electron chi connectivity index (χ4n) is 2.36. The highest BCUT2D eigenvalue weighted by molar-refractivity contribution is 8.00. The fourth-order valence-corrected chi connectivity index (χ4v) is 3.50. The first-order valence-corrected chi connectivity index (χ1v) is 6.34. The molecule has 0 aromatic heterocycles. The minimum atomic E-state index is -0.172. The monoisotopic (exact) mass is 216 g/mol. The largest absolute Gasteiger partial charge is 0.390 e. The molecule has 14 heavy (non-hydrogen) atoms. The third-order valence-electron chi connectivity index (χ3n) is 3.08. The van der Waals surface area contributed by atoms with Crippen molar-refractivity contribution in [1.29, 1.82) is 0 Å². The molecule has 2 saturated heterocycles. The Morgan fingerprint density at radius 3 is 2.79 bits per heavy atom. The highest BCUT2D eigenvalue weighted by atomic mass is 32.2. The Labute approximate surface area is 90.2 Å². The molecule has 0 aliphatic carbocycles. The molecule has 2 atom stereocenters. The summed E-state index contributed by atoms with van der Waals surface area (Å²) < 4.78 is 0.348. The summed E-state index contributed by atoms with van der Waals surface area (Å²) in [5.41, 5.74) is 0. The maximum absolute atomic E-state index is 9.80. The van der Waals surface area contributed by atoms with Gasteiger partial charge in [-0.2, -0.15) is 11.8 Å². The second-order valence-electron chi connectivity index (χ2n) is 4.87. The van der Waals surface area contributed by atoms with E-state index >= 15 is 0 Å². The standard InChI is InChI=1S/C10H20N2OS/c1-10(2)7-12(3-4-14-10)8-5-11-6-9(8)13/h8-9,11,13H,3-7H2,1-2H3/t8-,9-/m1/s1. The maximum Gasteiger partial charge on any atom is 0.0831 e. The van der Waals surface area contributed by atoms with Gasteiger partial charge >= 0.3 is 0 Å². The number of nitrogens with zero attached hydrogens (tertiary/aromatic N) is 1. The lowest BCUT2D eigenvalue weighted by Crippen LogP contribution is -2.52. The van der Waals surface area contributed by atoms with Crippen LogP contribution in [0, 0.1) is 0 Å². The van der Waals surface area contributed by atoms with Crippen LogP contribution in [0.25, 0.3) is 0 Å². The van der Waals surface area contributed by atoms with Crippen molar-refractivity contribution < 1.29 is 5.11 Å². The first-order chi connectivity index (χ1) is 6.58. The number of β-amino-alcohol motifs (C(OH)–C–C–N with tert-alkyl or cyclic N) is 1. The van der Waals surface area contributed by atoms with Crippen LogP contribution in [0.15, 0.2) is 0 Å². The van der Waals surface area contributed by atoms with Gasteiger partial charge in [0.05, 0.1) is 6.10 Å². The average Bonchev–Trinajstić information content (AvgIpc) is 2.49. The SMILES string of the molecule is CC1(C)CN([C@@H]2CNC[C@H]2O)CCS1. The topological polar surface area (TPSA) is 35.5 Å². The zero-order chi connectivity index (χ0) is 10.2. The summed E-state index contributed by atoms with van der Waals surface area (Å²) in [7, 11) is 0. The molecule has 0 bridgehead atoms. The van der Waals surface area contributed by atoms with Gasteiger partial charge in [0, 0.05) is 42.7 Å². The summed E-state index contributed by atoms with van der Waals surface area (Å²) in [6, 6.07) is 0.343. The quantitative estimate of drug-likeness (QED) is 0.654. The van der Waals surface area contributed by atoms with Crippen LogP contribution in [0.2, 0.25) is 0 Å². The normalized spacial score (nSPS) is 38.8. The van der Waals surface area contributed by atoms with E-state index in [1.807, 2.05) is 11.8 Å². The lowest BCUT2D eigenvalue weighted by molar-refractivity contribution is 0.0800. The Bertz CT molecular complexity index is 210. The van der Waals surface area contributed by atoms with Gasteiger partial charge < -0.3 is 10.4 Å². The molecule has 4 heteroatoms. The van der Waals surface area contributed by atoms with Gasteiger partial charge in [-0.25, -0.2) is 0 Å². The molecule has 3 nitrogen and oxygen atoms in total. The second kappa shape index (κ2) is 4.00. The minimum Gasteiger partial charge on any atom is -0.390 e. The van der Waals surface area contributed by atoms with Gasteiger partial charge in [-0.1, -0.05) is 0 Å². The van der Waals surface area contributed by atoms with Crippen molar-refractivity contribution in [2.45, 2.75) is 30.7 Å². The van der Waals surface area contributed by atoms with E-state index in [1.54, 1.807) is 0 Å². The van der Waals surface area contributed by atoms with Gasteiger partial charge in [0.1, 0.15) is 0 Å². The Hall–Kier alpha value is 0.230. The van der Waals surface area contributed by atoms with Gasteiger partial charge in [0.2, 0.25) is 0 Å². The first-order valence-electron chi connectivity index (χ1n) is 5.35. The summed E-state index contributed by atoms with van der Waals surface area (Å²) in [6.07, 6.45) is -0.172. The summed E-state index contributed by atoms with van der Waals surface area (Å²) in [5, 5.41) is 13.0. The molecule has 0 amide bonds. The number of nitrogens with one attached hydrogen (secondary N) is 1. The van der Waals surface area contributed by atoms with E-state index in [1.165, 1.54) is 5.75 Å². The van der Waals surface area contributed by atoms with Crippen LogP contribution >= 0.6 is 11.8 Å². The van der Waals surface area contributed by atoms with Crippen LogP contribution < -0.4 is 5.32 Å². The summed E-state index contributed by atoms with van der Waals surface area (Å²) >= 11 is 2.04. The highest BCUT2D eigenvalue weighted by Crippen LogP contribution is 2.31. The van der Waals surface area contributed by atoms with Crippen LogP contribution in [-0.2, 0) is 0 Å². The van der Waals surface area contributed by atoms with E-state index in [0.717, 1.165) is 26.2 Å². The van der Waals surface area contributed by atoms with Gasteiger partial charge in [0.15, 0.2) is 0 Å². The van der Waals surface area contributed by atoms with Crippen LogP contribution in [-0.4, -0.2) is 58.8 Å². The zero-order valence-corrected chi connectivity index (χ0v) is 9.81. The molecule has 2 rings (SSSR count). The van der Waals surface area contributed by atoms with E-state index in [0.29, 0.717) is 10.8 Å². The van der Waals surface area contributed by atoms with Crippen LogP contribution in [0.3, 0.4) is 0 Å². The van der Waals surface area contributed by atoms with Crippen LogP contribution in [0.5, 0.6) is 0 Å². The molecule has 2 N–H and O–H groups in total. The smallest absolute Gasteiger partial charge is 0.0831 e. The molecule has 0 aromatic carbocycles. The number of rotatable bonds is 1. The predicted octanol–water partition coefficient (Wildman–Crippen LogP) is 0.147. The summed E-state index contributed by atoms with van der Waals surface area (Å²) in [4.78, 5) is 2.45. The van der Waals surface area contributed by atoms with E-state index in [9.17, 15) is 5.11 Å². The fraction of sp³-hybridized carbons (Fsp3) is 1.00. The second-order valence-corrected chi connectivity index (χ2v) is 6.67. The third-order valence-corrected chi connectivity index (χ3v) is 4.37. The highest BCUT2D eigenvalue weighted by Gasteiger charge is 2.36. The maximum atomic E-state index is 9.80. The van der Waals surface area contributed by atoms with Crippen molar-refractivity contribution in [2.75, 3.05) is 31.9 Å². The van der Waals surface area contributed by atoms with Crippen molar-refractivity contribution in [3.8, 4) is 0 Å². The Balaban J connectivity index is 1.97. The number of hydrogen-bond donors (Lipinski definition) is 2. The minimum absolute atomic E-state index is 0.172. The molecule has 2 heterocycles. The third kappa shape index (κ3) is 2.24. The Morgan fingerprint density at radius 1 is 1.43 bits per heavy atom. The lowest BCUT2D eigenvalue weighted by Gasteiger charge is -2.41. The van der Waals surface area contributed by atoms with Gasteiger partial charge in [-0.05, 0) is 13.8 Å². The van der Waals surface area contributed by atoms with Crippen LogP contribution in [0.4, 0.5) is 0 Å². The average molecular weight is 216 g/mol. The molecule has 2 fully saturated rings. The van der Waals surface area contributed by atoms with Crippen LogP contribution in [0.1, 0.15) is 13.8 Å². The van der Waals surface area contributed by atoms with Gasteiger partial charge in [-0.15, -0.1) is 0 Å². The summed E-state index contributed by atoms with van der Waals surface area (Å²) in [6.45, 7) is 8.51. The molecule has 0 spiro atoms. The molecule has 0 unspecified atom stereocenters. The van der Waals surface area contributed by atoms with Crippen molar-refractivity contribution in [2.24, 2.45) is 0 Å². The lowest BCUT2D eigenvalue weighted by atomic mass is 10.1. The molecular weight excluding hydrogens is 196 g/mol. The summed E-state index contributed by atoms with van der Waals surface area (Å²) in [5.74, 6) is 1.19. The van der Waals surface area contributed by atoms with Crippen molar-refractivity contribution in [1.82, 2.24) is 10.2 Å². The number of thioether (sulfide) groups is 1.